The van der Waals surface area contributed by atoms with Gasteiger partial charge in [0.2, 0.25) is 11.0 Å². The smallest absolute Gasteiger partial charge is 0.249 e. The molecular weight excluding hydrogens is 482 g/mol. The molecule has 0 bridgehead atoms. The Balaban J connectivity index is 0.000000318. The standard InChI is InChI=1S/C19H19ClN2O3S.C3H5N3S/c20-14-3-8-17-13(12-14)2-1-10-22(17)18-9-11-21(19(18)23)15-4-6-16(7-5-15)26(24)25;1-2-5-6-3(4)7-2/h3-8,12,18H,1-2,9-11H2,(H,24,25);1H3,(H2,4,6)/p-1/t18-;/m0./s1. The molecule has 3 aromatic rings. The molecule has 1 fully saturated rings. The van der Waals surface area contributed by atoms with Crippen molar-refractivity contribution in [2.75, 3.05) is 28.6 Å². The highest BCUT2D eigenvalue weighted by molar-refractivity contribution is 7.79. The van der Waals surface area contributed by atoms with E-state index in [0.29, 0.717) is 11.7 Å². The first kappa shape index (κ1) is 23.6. The number of carbonyl (C=O) groups excluding carboxylic acids is 1. The van der Waals surface area contributed by atoms with E-state index in [1.807, 2.05) is 25.1 Å². The predicted octanol–water partition coefficient (Wildman–Crippen LogP) is 3.56. The zero-order valence-corrected chi connectivity index (χ0v) is 20.3. The molecule has 2 aromatic carbocycles. The number of nitrogens with zero attached hydrogens (tertiary/aromatic N) is 4. The van der Waals surface area contributed by atoms with Crippen molar-refractivity contribution in [2.45, 2.75) is 37.1 Å². The molecule has 0 spiro atoms. The van der Waals surface area contributed by atoms with Gasteiger partial charge in [0, 0.05) is 34.4 Å². The van der Waals surface area contributed by atoms with E-state index in [1.165, 1.54) is 29.0 Å². The first-order valence-electron chi connectivity index (χ1n) is 10.4. The van der Waals surface area contributed by atoms with E-state index < -0.39 is 11.1 Å². The van der Waals surface area contributed by atoms with Crippen LogP contribution in [0.5, 0.6) is 0 Å². The fraction of sp³-hybridized carbons (Fsp3) is 0.318. The van der Waals surface area contributed by atoms with Crippen LogP contribution in [0.1, 0.15) is 23.4 Å². The maximum absolute atomic E-state index is 13.0. The Kier molecular flexibility index (Phi) is 7.28. The van der Waals surface area contributed by atoms with E-state index in [9.17, 15) is 13.6 Å². The molecule has 3 heterocycles. The monoisotopic (exact) mass is 504 g/mol. The van der Waals surface area contributed by atoms with Gasteiger partial charge in [0.25, 0.3) is 0 Å². The van der Waals surface area contributed by atoms with Crippen molar-refractivity contribution in [3.8, 4) is 0 Å². The molecule has 2 N–H and O–H groups in total. The van der Waals surface area contributed by atoms with Crippen molar-refractivity contribution in [1.29, 1.82) is 0 Å². The lowest BCUT2D eigenvalue weighted by atomic mass is 9.99. The SMILES string of the molecule is Cc1nnc(N)s1.O=C1[C@@H](N2CCCc3cc(Cl)ccc32)CCN1c1ccc(S(=O)[O-])cc1. The summed E-state index contributed by atoms with van der Waals surface area (Å²) in [5.41, 5.74) is 8.25. The van der Waals surface area contributed by atoms with E-state index in [4.69, 9.17) is 17.3 Å². The highest BCUT2D eigenvalue weighted by Crippen LogP contribution is 2.34. The molecule has 174 valence electrons. The lowest BCUT2D eigenvalue weighted by molar-refractivity contribution is -0.118. The molecule has 0 saturated carbocycles. The summed E-state index contributed by atoms with van der Waals surface area (Å²) < 4.78 is 22.0. The van der Waals surface area contributed by atoms with Gasteiger partial charge in [-0.25, -0.2) is 0 Å². The number of amides is 1. The van der Waals surface area contributed by atoms with Gasteiger partial charge in [0.05, 0.1) is 0 Å². The molecule has 1 unspecified atom stereocenters. The molecule has 2 aliphatic rings. The predicted molar refractivity (Wildman–Crippen MR) is 131 cm³/mol. The molecular formula is C22H23ClN5O3S2-. The lowest BCUT2D eigenvalue weighted by Crippen LogP contribution is -2.44. The van der Waals surface area contributed by atoms with Gasteiger partial charge in [-0.05, 0) is 85.3 Å². The number of halogens is 1. The van der Waals surface area contributed by atoms with Gasteiger partial charge in [-0.1, -0.05) is 22.9 Å². The van der Waals surface area contributed by atoms with Crippen LogP contribution in [-0.2, 0) is 22.3 Å². The second-order valence-corrected chi connectivity index (χ2v) is 10.3. The Morgan fingerprint density at radius 3 is 2.55 bits per heavy atom. The molecule has 2 atom stereocenters. The van der Waals surface area contributed by atoms with Crippen LogP contribution in [0.4, 0.5) is 16.5 Å². The van der Waals surface area contributed by atoms with Crippen molar-refractivity contribution >= 4 is 56.4 Å². The van der Waals surface area contributed by atoms with Crippen LogP contribution in [-0.4, -0.2) is 44.0 Å². The topological polar surface area (TPSA) is 115 Å². The molecule has 1 amide bonds. The molecule has 1 saturated heterocycles. The minimum absolute atomic E-state index is 0.0591. The third kappa shape index (κ3) is 5.35. The number of nitrogen functional groups attached to an aromatic ring is 1. The van der Waals surface area contributed by atoms with Crippen LogP contribution in [0.15, 0.2) is 47.4 Å². The first-order chi connectivity index (χ1) is 15.8. The number of anilines is 3. The Hall–Kier alpha value is -2.53. The average molecular weight is 505 g/mol. The number of carbonyl (C=O) groups is 1. The third-order valence-electron chi connectivity index (χ3n) is 5.63. The van der Waals surface area contributed by atoms with Crippen LogP contribution in [0.3, 0.4) is 0 Å². The van der Waals surface area contributed by atoms with Crippen LogP contribution >= 0.6 is 22.9 Å². The number of aryl methyl sites for hydroxylation is 2. The van der Waals surface area contributed by atoms with E-state index >= 15 is 0 Å². The second-order valence-electron chi connectivity index (χ2n) is 7.75. The highest BCUT2D eigenvalue weighted by atomic mass is 35.5. The molecule has 33 heavy (non-hydrogen) atoms. The van der Waals surface area contributed by atoms with Gasteiger partial charge in [0.1, 0.15) is 11.0 Å². The highest BCUT2D eigenvalue weighted by Gasteiger charge is 2.38. The number of hydrogen-bond donors (Lipinski definition) is 1. The van der Waals surface area contributed by atoms with Crippen molar-refractivity contribution in [2.24, 2.45) is 0 Å². The van der Waals surface area contributed by atoms with E-state index in [1.54, 1.807) is 17.0 Å². The Bertz CT molecular complexity index is 1150. The normalized spacial score (nSPS) is 18.5. The van der Waals surface area contributed by atoms with Crippen LogP contribution < -0.4 is 15.5 Å². The summed E-state index contributed by atoms with van der Waals surface area (Å²) in [7, 11) is 0. The van der Waals surface area contributed by atoms with Crippen LogP contribution in [0, 0.1) is 6.92 Å². The number of fused-ring (bicyclic) bond motifs is 1. The summed E-state index contributed by atoms with van der Waals surface area (Å²) in [6.07, 6.45) is 2.72. The largest absolute Gasteiger partial charge is 0.768 e. The van der Waals surface area contributed by atoms with Crippen molar-refractivity contribution in [1.82, 2.24) is 10.2 Å². The lowest BCUT2D eigenvalue weighted by Gasteiger charge is -2.35. The Morgan fingerprint density at radius 1 is 1.18 bits per heavy atom. The average Bonchev–Trinajstić information content (AvgIpc) is 3.37. The third-order valence-corrected chi connectivity index (χ3v) is 7.19. The Morgan fingerprint density at radius 2 is 1.94 bits per heavy atom. The number of nitrogens with two attached hydrogens (primary N) is 1. The minimum atomic E-state index is -2.26. The minimum Gasteiger partial charge on any atom is -0.768 e. The summed E-state index contributed by atoms with van der Waals surface area (Å²) in [5, 5.41) is 9.40. The molecule has 1 aromatic heterocycles. The van der Waals surface area contributed by atoms with E-state index in [0.717, 1.165) is 47.2 Å². The fourth-order valence-electron chi connectivity index (χ4n) is 4.18. The van der Waals surface area contributed by atoms with Crippen LogP contribution in [0.25, 0.3) is 0 Å². The summed E-state index contributed by atoms with van der Waals surface area (Å²) >= 11 is 5.25. The van der Waals surface area contributed by atoms with E-state index in [2.05, 4.69) is 15.1 Å². The van der Waals surface area contributed by atoms with Gasteiger partial charge in [0.15, 0.2) is 0 Å². The van der Waals surface area contributed by atoms with Crippen molar-refractivity contribution < 1.29 is 13.6 Å². The number of rotatable bonds is 3. The Labute approximate surface area is 203 Å². The van der Waals surface area contributed by atoms with Gasteiger partial charge in [-0.2, -0.15) is 0 Å². The van der Waals surface area contributed by atoms with Crippen LogP contribution in [0.2, 0.25) is 5.02 Å². The molecule has 8 nitrogen and oxygen atoms in total. The van der Waals surface area contributed by atoms with Gasteiger partial charge in [-0.15, -0.1) is 10.2 Å². The summed E-state index contributed by atoms with van der Waals surface area (Å²) in [4.78, 5) is 17.2. The van der Waals surface area contributed by atoms with Gasteiger partial charge < -0.3 is 20.1 Å². The van der Waals surface area contributed by atoms with Crippen molar-refractivity contribution in [3.63, 3.8) is 0 Å². The molecule has 2 aliphatic heterocycles. The van der Waals surface area contributed by atoms with Gasteiger partial charge in [-0.3, -0.25) is 9.00 Å². The number of aromatic nitrogens is 2. The van der Waals surface area contributed by atoms with Crippen molar-refractivity contribution in [3.05, 3.63) is 58.1 Å². The zero-order chi connectivity index (χ0) is 23.5. The summed E-state index contributed by atoms with van der Waals surface area (Å²) in [6, 6.07) is 12.1. The first-order valence-corrected chi connectivity index (χ1v) is 12.7. The molecule has 0 aliphatic carbocycles. The molecule has 11 heteroatoms. The maximum atomic E-state index is 13.0. The number of hydrogen-bond acceptors (Lipinski definition) is 8. The fourth-order valence-corrected chi connectivity index (χ4v) is 5.20. The zero-order valence-electron chi connectivity index (χ0n) is 17.9. The molecule has 0 radical (unpaired) electrons. The van der Waals surface area contributed by atoms with E-state index in [-0.39, 0.29) is 16.8 Å². The maximum Gasteiger partial charge on any atom is 0.249 e. The second kappa shape index (κ2) is 10.2. The number of benzene rings is 2. The van der Waals surface area contributed by atoms with Gasteiger partial charge >= 0.3 is 0 Å². The summed E-state index contributed by atoms with van der Waals surface area (Å²) in [5.74, 6) is 0.0591. The quantitative estimate of drug-likeness (QED) is 0.542. The summed E-state index contributed by atoms with van der Waals surface area (Å²) in [6.45, 7) is 3.35. The molecule has 5 rings (SSSR count).